The van der Waals surface area contributed by atoms with Gasteiger partial charge in [-0.05, 0) is 30.4 Å². The van der Waals surface area contributed by atoms with Crippen molar-refractivity contribution in [3.05, 3.63) is 29.6 Å². The maximum absolute atomic E-state index is 14.0. The highest BCUT2D eigenvalue weighted by Crippen LogP contribution is 2.29. The molecule has 1 aliphatic rings. The van der Waals surface area contributed by atoms with Crippen molar-refractivity contribution in [1.82, 2.24) is 0 Å². The van der Waals surface area contributed by atoms with E-state index in [1.54, 1.807) is 18.2 Å². The van der Waals surface area contributed by atoms with Crippen molar-refractivity contribution in [3.8, 4) is 5.75 Å². The molecule has 20 heavy (non-hydrogen) atoms. The summed E-state index contributed by atoms with van der Waals surface area (Å²) < 4.78 is 18.9. The molecule has 112 valence electrons. The number of rotatable bonds is 5. The highest BCUT2D eigenvalue weighted by molar-refractivity contribution is 5.31. The van der Waals surface area contributed by atoms with Crippen LogP contribution in [0, 0.1) is 11.7 Å². The lowest BCUT2D eigenvalue weighted by Crippen LogP contribution is -2.36. The number of benzene rings is 1. The molecule has 0 radical (unpaired) electrons. The summed E-state index contributed by atoms with van der Waals surface area (Å²) in [5, 5.41) is 20.4. The molecule has 0 aromatic heterocycles. The Bertz CT molecular complexity index is 430. The van der Waals surface area contributed by atoms with Crippen LogP contribution in [0.25, 0.3) is 0 Å². The fraction of sp³-hybridized carbons (Fsp3) is 0.625. The number of ether oxygens (including phenoxy) is 1. The first-order chi connectivity index (χ1) is 9.63. The lowest BCUT2D eigenvalue weighted by molar-refractivity contribution is -0.0267. The number of halogens is 1. The zero-order valence-electron chi connectivity index (χ0n) is 11.9. The molecule has 0 bridgehead atoms. The summed E-state index contributed by atoms with van der Waals surface area (Å²) in [5.41, 5.74) is 0.381. The molecule has 1 fully saturated rings. The summed E-state index contributed by atoms with van der Waals surface area (Å²) in [6.45, 7) is 0. The minimum Gasteiger partial charge on any atom is -0.494 e. The van der Waals surface area contributed by atoms with Crippen molar-refractivity contribution in [2.24, 2.45) is 5.92 Å². The maximum Gasteiger partial charge on any atom is 0.168 e. The summed E-state index contributed by atoms with van der Waals surface area (Å²) in [7, 11) is 1.41. The largest absolute Gasteiger partial charge is 0.494 e. The van der Waals surface area contributed by atoms with Crippen LogP contribution < -0.4 is 4.74 Å². The molecule has 1 saturated carbocycles. The Labute approximate surface area is 119 Å². The van der Waals surface area contributed by atoms with Crippen LogP contribution >= 0.6 is 0 Å². The van der Waals surface area contributed by atoms with Crippen LogP contribution in [0.1, 0.15) is 37.7 Å². The van der Waals surface area contributed by atoms with Crippen LogP contribution in [0.3, 0.4) is 0 Å². The van der Waals surface area contributed by atoms with E-state index in [0.717, 1.165) is 25.7 Å². The molecule has 2 unspecified atom stereocenters. The molecule has 0 heterocycles. The van der Waals surface area contributed by atoms with Gasteiger partial charge in [0, 0.05) is 6.42 Å². The Morgan fingerprint density at radius 3 is 2.60 bits per heavy atom. The van der Waals surface area contributed by atoms with Gasteiger partial charge in [-0.1, -0.05) is 31.4 Å². The maximum atomic E-state index is 14.0. The van der Waals surface area contributed by atoms with E-state index >= 15 is 0 Å². The molecule has 0 amide bonds. The van der Waals surface area contributed by atoms with Gasteiger partial charge < -0.3 is 14.9 Å². The molecule has 2 atom stereocenters. The van der Waals surface area contributed by atoms with E-state index in [9.17, 15) is 14.6 Å². The minimum atomic E-state index is -0.931. The van der Waals surface area contributed by atoms with E-state index in [-0.39, 0.29) is 18.1 Å². The summed E-state index contributed by atoms with van der Waals surface area (Å²) >= 11 is 0. The lowest BCUT2D eigenvalue weighted by Gasteiger charge is -2.29. The number of methoxy groups -OCH3 is 1. The minimum absolute atomic E-state index is 0.112. The Balaban J connectivity index is 2.01. The predicted molar refractivity (Wildman–Crippen MR) is 75.2 cm³/mol. The molecule has 1 aliphatic carbocycles. The zero-order chi connectivity index (χ0) is 14.5. The van der Waals surface area contributed by atoms with E-state index in [4.69, 9.17) is 4.74 Å². The van der Waals surface area contributed by atoms with E-state index in [0.29, 0.717) is 5.56 Å². The molecule has 0 spiro atoms. The fourth-order valence-electron chi connectivity index (χ4n) is 3.01. The molecule has 3 nitrogen and oxygen atoms in total. The first-order valence-corrected chi connectivity index (χ1v) is 7.31. The third kappa shape index (κ3) is 3.49. The van der Waals surface area contributed by atoms with Gasteiger partial charge in [0.1, 0.15) is 0 Å². The van der Waals surface area contributed by atoms with Gasteiger partial charge in [0.15, 0.2) is 11.6 Å². The van der Waals surface area contributed by atoms with Gasteiger partial charge >= 0.3 is 0 Å². The normalized spacial score (nSPS) is 19.6. The average molecular weight is 282 g/mol. The lowest BCUT2D eigenvalue weighted by atomic mass is 9.82. The molecular formula is C16H23FO3. The number of hydrogen-bond donors (Lipinski definition) is 2. The van der Waals surface area contributed by atoms with Crippen LogP contribution in [0.5, 0.6) is 5.75 Å². The zero-order valence-corrected chi connectivity index (χ0v) is 11.9. The molecule has 2 N–H and O–H groups in total. The van der Waals surface area contributed by atoms with Crippen LogP contribution in [0.4, 0.5) is 4.39 Å². The standard InChI is InChI=1S/C16H23FO3/c1-20-14-9-5-8-12(15(14)17)10-13(18)16(19)11-6-3-2-4-7-11/h5,8-9,11,13,16,18-19H,2-4,6-7,10H2,1H3. The van der Waals surface area contributed by atoms with E-state index in [2.05, 4.69) is 0 Å². The summed E-state index contributed by atoms with van der Waals surface area (Å²) in [6, 6.07) is 4.86. The molecule has 4 heteroatoms. The molecular weight excluding hydrogens is 259 g/mol. The molecule has 1 aromatic rings. The van der Waals surface area contributed by atoms with Crippen molar-refractivity contribution in [2.75, 3.05) is 7.11 Å². The van der Waals surface area contributed by atoms with Gasteiger partial charge in [-0.15, -0.1) is 0 Å². The third-order valence-corrected chi connectivity index (χ3v) is 4.22. The van der Waals surface area contributed by atoms with Crippen LogP contribution in [0.2, 0.25) is 0 Å². The highest BCUT2D eigenvalue weighted by Gasteiger charge is 2.28. The topological polar surface area (TPSA) is 49.7 Å². The Morgan fingerprint density at radius 2 is 1.95 bits per heavy atom. The van der Waals surface area contributed by atoms with E-state index in [1.165, 1.54) is 13.5 Å². The SMILES string of the molecule is COc1cccc(CC(O)C(O)C2CCCCC2)c1F. The molecule has 1 aromatic carbocycles. The Kier molecular flexibility index (Phi) is 5.38. The van der Waals surface area contributed by atoms with Gasteiger partial charge in [0.25, 0.3) is 0 Å². The second-order valence-electron chi connectivity index (χ2n) is 5.59. The van der Waals surface area contributed by atoms with Gasteiger partial charge in [-0.25, -0.2) is 4.39 Å². The van der Waals surface area contributed by atoms with Crippen molar-refractivity contribution in [3.63, 3.8) is 0 Å². The predicted octanol–water partition coefficient (Wildman–Crippen LogP) is 2.68. The summed E-state index contributed by atoms with van der Waals surface area (Å²) in [4.78, 5) is 0. The van der Waals surface area contributed by atoms with Gasteiger partial charge in [-0.2, -0.15) is 0 Å². The van der Waals surface area contributed by atoms with Crippen LogP contribution in [-0.4, -0.2) is 29.5 Å². The van der Waals surface area contributed by atoms with Crippen LogP contribution in [0.15, 0.2) is 18.2 Å². The Hall–Kier alpha value is -1.13. The van der Waals surface area contributed by atoms with Gasteiger partial charge in [0.05, 0.1) is 19.3 Å². The van der Waals surface area contributed by atoms with Crippen molar-refractivity contribution >= 4 is 0 Å². The van der Waals surface area contributed by atoms with E-state index in [1.807, 2.05) is 0 Å². The van der Waals surface area contributed by atoms with Crippen molar-refractivity contribution in [1.29, 1.82) is 0 Å². The molecule has 0 aliphatic heterocycles. The second-order valence-corrected chi connectivity index (χ2v) is 5.59. The quantitative estimate of drug-likeness (QED) is 0.873. The fourth-order valence-corrected chi connectivity index (χ4v) is 3.01. The highest BCUT2D eigenvalue weighted by atomic mass is 19.1. The third-order valence-electron chi connectivity index (χ3n) is 4.22. The first kappa shape index (κ1) is 15.3. The number of aliphatic hydroxyl groups is 2. The van der Waals surface area contributed by atoms with Crippen molar-refractivity contribution < 1.29 is 19.3 Å². The van der Waals surface area contributed by atoms with Gasteiger partial charge in [-0.3, -0.25) is 0 Å². The second kappa shape index (κ2) is 7.04. The van der Waals surface area contributed by atoms with Crippen molar-refractivity contribution in [2.45, 2.75) is 50.7 Å². The molecule has 2 rings (SSSR count). The van der Waals surface area contributed by atoms with E-state index < -0.39 is 18.0 Å². The van der Waals surface area contributed by atoms with Gasteiger partial charge in [0.2, 0.25) is 0 Å². The monoisotopic (exact) mass is 282 g/mol. The van der Waals surface area contributed by atoms with Crippen LogP contribution in [-0.2, 0) is 6.42 Å². The summed E-state index contributed by atoms with van der Waals surface area (Å²) in [6.07, 6.45) is 3.69. The molecule has 0 saturated heterocycles. The first-order valence-electron chi connectivity index (χ1n) is 7.31. The number of hydrogen-bond acceptors (Lipinski definition) is 3. The average Bonchev–Trinajstić information content (AvgIpc) is 2.49. The number of aliphatic hydroxyl groups excluding tert-OH is 2. The Morgan fingerprint density at radius 1 is 1.25 bits per heavy atom. The smallest absolute Gasteiger partial charge is 0.168 e. The summed E-state index contributed by atoms with van der Waals surface area (Å²) in [5.74, 6) is -0.154.